The van der Waals surface area contributed by atoms with E-state index in [9.17, 15) is 18.0 Å². The second kappa shape index (κ2) is 6.57. The molecule has 0 heterocycles. The summed E-state index contributed by atoms with van der Waals surface area (Å²) in [6.45, 7) is 4.33. The fraction of sp³-hybridized carbons (Fsp3) is 0.385. The average Bonchev–Trinajstić information content (AvgIpc) is 2.37. The fourth-order valence-corrected chi connectivity index (χ4v) is 2.81. The highest BCUT2D eigenvalue weighted by Crippen LogP contribution is 2.21. The van der Waals surface area contributed by atoms with E-state index in [0.29, 0.717) is 11.3 Å². The Balaban J connectivity index is 2.94. The summed E-state index contributed by atoms with van der Waals surface area (Å²) in [5.41, 5.74) is 0.628. The number of amides is 2. The molecule has 1 atom stereocenters. The van der Waals surface area contributed by atoms with Gasteiger partial charge in [0.15, 0.2) is 0 Å². The van der Waals surface area contributed by atoms with Gasteiger partial charge in [0, 0.05) is 6.92 Å². The third kappa shape index (κ3) is 4.45. The van der Waals surface area contributed by atoms with E-state index >= 15 is 0 Å². The van der Waals surface area contributed by atoms with Crippen molar-refractivity contribution in [3.05, 3.63) is 23.8 Å². The maximum Gasteiger partial charge on any atom is 0.264 e. The smallest absolute Gasteiger partial charge is 0.264 e. The topological polar surface area (TPSA) is 102 Å². The number of aryl methyl sites for hydroxylation is 1. The molecule has 116 valence electrons. The van der Waals surface area contributed by atoms with E-state index in [4.69, 9.17) is 4.74 Å². The van der Waals surface area contributed by atoms with Crippen LogP contribution in [0.2, 0.25) is 0 Å². The van der Waals surface area contributed by atoms with Gasteiger partial charge in [0.2, 0.25) is 5.91 Å². The van der Waals surface area contributed by atoms with Crippen molar-refractivity contribution in [2.75, 3.05) is 7.11 Å². The van der Waals surface area contributed by atoms with E-state index in [1.165, 1.54) is 39.2 Å². The summed E-state index contributed by atoms with van der Waals surface area (Å²) in [4.78, 5) is 22.5. The molecule has 0 aliphatic rings. The maximum absolute atomic E-state index is 12.1. The van der Waals surface area contributed by atoms with Crippen LogP contribution in [0.3, 0.4) is 0 Å². The summed E-state index contributed by atoms with van der Waals surface area (Å²) >= 11 is 0. The van der Waals surface area contributed by atoms with E-state index < -0.39 is 27.9 Å². The van der Waals surface area contributed by atoms with Gasteiger partial charge in [-0.2, -0.15) is 0 Å². The van der Waals surface area contributed by atoms with E-state index in [2.05, 4.69) is 5.32 Å². The van der Waals surface area contributed by atoms with Crippen molar-refractivity contribution in [1.29, 1.82) is 0 Å². The quantitative estimate of drug-likeness (QED) is 0.815. The van der Waals surface area contributed by atoms with Gasteiger partial charge in [-0.25, -0.2) is 13.1 Å². The van der Waals surface area contributed by atoms with Gasteiger partial charge in [-0.3, -0.25) is 9.59 Å². The molecule has 0 bridgehead atoms. The average molecular weight is 314 g/mol. The highest BCUT2D eigenvalue weighted by atomic mass is 32.2. The van der Waals surface area contributed by atoms with Crippen LogP contribution in [-0.2, 0) is 19.6 Å². The van der Waals surface area contributed by atoms with Crippen LogP contribution in [0, 0.1) is 6.92 Å². The first kappa shape index (κ1) is 17.0. The predicted molar refractivity (Wildman–Crippen MR) is 76.3 cm³/mol. The molecule has 0 aliphatic carbocycles. The van der Waals surface area contributed by atoms with Gasteiger partial charge >= 0.3 is 0 Å². The number of sulfonamides is 1. The molecule has 0 saturated heterocycles. The molecule has 1 aromatic carbocycles. The van der Waals surface area contributed by atoms with Crippen LogP contribution in [0.15, 0.2) is 23.1 Å². The Kier molecular flexibility index (Phi) is 5.31. The number of ether oxygens (including phenoxy) is 1. The molecule has 8 heteroatoms. The zero-order valence-electron chi connectivity index (χ0n) is 12.3. The largest absolute Gasteiger partial charge is 0.496 e. The minimum absolute atomic E-state index is 0.0517. The Morgan fingerprint density at radius 2 is 1.90 bits per heavy atom. The molecule has 0 fully saturated rings. The van der Waals surface area contributed by atoms with Crippen LogP contribution in [0.5, 0.6) is 5.75 Å². The monoisotopic (exact) mass is 314 g/mol. The van der Waals surface area contributed by atoms with Gasteiger partial charge in [-0.1, -0.05) is 0 Å². The maximum atomic E-state index is 12.1. The Morgan fingerprint density at radius 3 is 2.38 bits per heavy atom. The molecule has 2 amide bonds. The van der Waals surface area contributed by atoms with Crippen molar-refractivity contribution in [2.45, 2.75) is 31.7 Å². The van der Waals surface area contributed by atoms with E-state index in [0.717, 1.165) is 0 Å². The van der Waals surface area contributed by atoms with Gasteiger partial charge in [0.25, 0.3) is 15.9 Å². The van der Waals surface area contributed by atoms with Gasteiger partial charge in [-0.15, -0.1) is 0 Å². The number of carbonyl (C=O) groups is 2. The van der Waals surface area contributed by atoms with Gasteiger partial charge in [0.05, 0.1) is 12.0 Å². The van der Waals surface area contributed by atoms with Gasteiger partial charge < -0.3 is 10.1 Å². The first-order chi connectivity index (χ1) is 9.67. The van der Waals surface area contributed by atoms with Crippen molar-refractivity contribution in [2.24, 2.45) is 0 Å². The molecule has 1 unspecified atom stereocenters. The lowest BCUT2D eigenvalue weighted by Crippen LogP contribution is -2.46. The number of benzene rings is 1. The summed E-state index contributed by atoms with van der Waals surface area (Å²) in [5.74, 6) is -0.680. The highest BCUT2D eigenvalue weighted by molar-refractivity contribution is 7.90. The van der Waals surface area contributed by atoms with Crippen molar-refractivity contribution >= 4 is 21.8 Å². The number of nitrogens with one attached hydrogen (secondary N) is 2. The van der Waals surface area contributed by atoms with E-state index in [1.807, 2.05) is 4.72 Å². The molecule has 2 N–H and O–H groups in total. The number of carbonyl (C=O) groups excluding carboxylic acids is 2. The lowest BCUT2D eigenvalue weighted by Gasteiger charge is -2.14. The van der Waals surface area contributed by atoms with Crippen molar-refractivity contribution in [1.82, 2.24) is 10.0 Å². The lowest BCUT2D eigenvalue weighted by atomic mass is 10.2. The summed E-state index contributed by atoms with van der Waals surface area (Å²) in [6.07, 6.45) is 0. The lowest BCUT2D eigenvalue weighted by molar-refractivity contribution is -0.126. The van der Waals surface area contributed by atoms with Crippen LogP contribution < -0.4 is 14.8 Å². The second-order valence-corrected chi connectivity index (χ2v) is 6.21. The Labute approximate surface area is 123 Å². The van der Waals surface area contributed by atoms with Crippen LogP contribution >= 0.6 is 0 Å². The van der Waals surface area contributed by atoms with Gasteiger partial charge in [-0.05, 0) is 37.6 Å². The third-order valence-electron chi connectivity index (χ3n) is 2.72. The Hall–Kier alpha value is -2.09. The van der Waals surface area contributed by atoms with Crippen molar-refractivity contribution in [3.8, 4) is 5.75 Å². The summed E-state index contributed by atoms with van der Waals surface area (Å²) in [6, 6.07) is 3.30. The molecule has 7 nitrogen and oxygen atoms in total. The highest BCUT2D eigenvalue weighted by Gasteiger charge is 2.22. The Morgan fingerprint density at radius 1 is 1.29 bits per heavy atom. The normalized spacial score (nSPS) is 12.4. The van der Waals surface area contributed by atoms with E-state index in [1.54, 1.807) is 6.92 Å². The predicted octanol–water partition coefficient (Wildman–Crippen LogP) is 0.333. The first-order valence-corrected chi connectivity index (χ1v) is 7.64. The molecular formula is C13H18N2O5S. The summed E-state index contributed by atoms with van der Waals surface area (Å²) < 4.78 is 31.2. The van der Waals surface area contributed by atoms with Crippen molar-refractivity contribution in [3.63, 3.8) is 0 Å². The minimum atomic E-state index is -3.99. The number of rotatable bonds is 5. The zero-order valence-corrected chi connectivity index (χ0v) is 13.1. The van der Waals surface area contributed by atoms with Crippen LogP contribution in [0.25, 0.3) is 0 Å². The first-order valence-electron chi connectivity index (χ1n) is 6.15. The van der Waals surface area contributed by atoms with Crippen LogP contribution in [0.4, 0.5) is 0 Å². The van der Waals surface area contributed by atoms with Crippen molar-refractivity contribution < 1.29 is 22.7 Å². The fourth-order valence-electron chi connectivity index (χ4n) is 1.67. The molecule has 0 spiro atoms. The molecule has 1 rings (SSSR count). The minimum Gasteiger partial charge on any atom is -0.496 e. The second-order valence-electron chi connectivity index (χ2n) is 4.52. The molecule has 0 radical (unpaired) electrons. The molecule has 1 aromatic rings. The standard InChI is InChI=1S/C13H18N2O5S/c1-8-7-11(5-6-12(8)20-4)21(18,19)15-13(17)9(2)14-10(3)16/h5-7,9H,1-4H3,(H,14,16)(H,15,17). The van der Waals surface area contributed by atoms with E-state index in [-0.39, 0.29) is 4.90 Å². The Bertz CT molecular complexity index is 655. The molecule has 0 aromatic heterocycles. The van der Waals surface area contributed by atoms with Crippen LogP contribution in [0.1, 0.15) is 19.4 Å². The third-order valence-corrected chi connectivity index (χ3v) is 4.07. The number of methoxy groups -OCH3 is 1. The molecular weight excluding hydrogens is 296 g/mol. The van der Waals surface area contributed by atoms with Crippen LogP contribution in [-0.4, -0.2) is 33.4 Å². The zero-order chi connectivity index (χ0) is 16.2. The number of hydrogen-bond acceptors (Lipinski definition) is 5. The number of hydrogen-bond donors (Lipinski definition) is 2. The molecule has 0 saturated carbocycles. The summed E-state index contributed by atoms with van der Waals surface area (Å²) in [7, 11) is -2.51. The van der Waals surface area contributed by atoms with Gasteiger partial charge in [0.1, 0.15) is 11.8 Å². The molecule has 21 heavy (non-hydrogen) atoms. The molecule has 0 aliphatic heterocycles. The SMILES string of the molecule is COc1ccc(S(=O)(=O)NC(=O)C(C)NC(C)=O)cc1C. The summed E-state index contributed by atoms with van der Waals surface area (Å²) in [5, 5.41) is 2.31.